The molecule has 0 saturated carbocycles. The van der Waals surface area contributed by atoms with Gasteiger partial charge in [0.05, 0.1) is 12.0 Å². The quantitative estimate of drug-likeness (QED) is 0.316. The van der Waals surface area contributed by atoms with Crippen molar-refractivity contribution in [2.45, 2.75) is 13.8 Å². The average molecular weight is 400 g/mol. The number of rotatable bonds is 7. The van der Waals surface area contributed by atoms with Crippen LogP contribution in [0.15, 0.2) is 36.4 Å². The number of hydrogen-bond donors (Lipinski definition) is 2. The second kappa shape index (κ2) is 9.36. The van der Waals surface area contributed by atoms with Crippen LogP contribution >= 0.6 is 0 Å². The van der Waals surface area contributed by atoms with Gasteiger partial charge in [0, 0.05) is 12.1 Å². The predicted molar refractivity (Wildman–Crippen MR) is 106 cm³/mol. The number of ether oxygens (including phenoxy) is 2. The number of hydrogen-bond acceptors (Lipinski definition) is 7. The Balaban J connectivity index is 1.98. The molecule has 0 aliphatic rings. The van der Waals surface area contributed by atoms with Crippen LogP contribution in [0.4, 0.5) is 11.4 Å². The molecule has 0 aliphatic carbocycles. The van der Waals surface area contributed by atoms with Crippen LogP contribution in [-0.4, -0.2) is 35.6 Å². The highest BCUT2D eigenvalue weighted by atomic mass is 16.6. The van der Waals surface area contributed by atoms with E-state index >= 15 is 0 Å². The number of phenols is 1. The summed E-state index contributed by atoms with van der Waals surface area (Å²) in [5.74, 6) is -1.27. The fraction of sp³-hybridized carbons (Fsp3) is 0.200. The molecule has 2 rings (SSSR count). The molecule has 0 aromatic heterocycles. The van der Waals surface area contributed by atoms with E-state index in [1.54, 1.807) is 26.0 Å². The van der Waals surface area contributed by atoms with Crippen LogP contribution in [0.5, 0.6) is 11.5 Å². The molecule has 0 spiro atoms. The molecule has 9 heteroatoms. The van der Waals surface area contributed by atoms with Gasteiger partial charge in [-0.05, 0) is 48.7 Å². The molecule has 2 aromatic carbocycles. The Morgan fingerprint density at radius 2 is 1.97 bits per heavy atom. The molecule has 0 heterocycles. The molecule has 152 valence electrons. The minimum atomic E-state index is -0.775. The van der Waals surface area contributed by atoms with Crippen LogP contribution < -0.4 is 10.1 Å². The van der Waals surface area contributed by atoms with Crippen molar-refractivity contribution in [3.8, 4) is 11.5 Å². The van der Waals surface area contributed by atoms with Gasteiger partial charge in [0.2, 0.25) is 0 Å². The smallest absolute Gasteiger partial charge is 0.331 e. The molecule has 2 aromatic rings. The Hall–Kier alpha value is -3.88. The molecule has 2 N–H and O–H groups in total. The summed E-state index contributed by atoms with van der Waals surface area (Å²) in [6, 6.07) is 7.39. The highest BCUT2D eigenvalue weighted by Gasteiger charge is 2.19. The maximum Gasteiger partial charge on any atom is 0.331 e. The molecule has 1 amide bonds. The van der Waals surface area contributed by atoms with Gasteiger partial charge in [0.25, 0.3) is 11.6 Å². The minimum Gasteiger partial charge on any atom is -0.504 e. The van der Waals surface area contributed by atoms with Gasteiger partial charge < -0.3 is 19.9 Å². The maximum absolute atomic E-state index is 12.1. The van der Waals surface area contributed by atoms with Crippen molar-refractivity contribution in [1.82, 2.24) is 0 Å². The first-order valence-electron chi connectivity index (χ1n) is 8.49. The summed E-state index contributed by atoms with van der Waals surface area (Å²) in [6.07, 6.45) is 2.54. The van der Waals surface area contributed by atoms with Crippen molar-refractivity contribution in [2.75, 3.05) is 19.0 Å². The molecule has 9 nitrogen and oxygen atoms in total. The third-order valence-corrected chi connectivity index (χ3v) is 4.14. The number of nitrogens with zero attached hydrogens (tertiary/aromatic N) is 1. The lowest BCUT2D eigenvalue weighted by Gasteiger charge is -2.11. The Morgan fingerprint density at radius 3 is 2.62 bits per heavy atom. The number of aromatic hydroxyl groups is 1. The molecular formula is C20H20N2O7. The van der Waals surface area contributed by atoms with Crippen LogP contribution in [0.2, 0.25) is 0 Å². The molecule has 0 atom stereocenters. The van der Waals surface area contributed by atoms with Gasteiger partial charge in [-0.25, -0.2) is 4.79 Å². The topological polar surface area (TPSA) is 128 Å². The summed E-state index contributed by atoms with van der Waals surface area (Å²) in [7, 11) is 1.40. The number of carbonyl (C=O) groups is 2. The number of phenolic OH excluding ortho intramolecular Hbond substituents is 1. The number of nitrogens with one attached hydrogen (secondary N) is 1. The molecule has 0 bridgehead atoms. The van der Waals surface area contributed by atoms with E-state index in [1.165, 1.54) is 31.4 Å². The summed E-state index contributed by atoms with van der Waals surface area (Å²) >= 11 is 0. The van der Waals surface area contributed by atoms with E-state index in [-0.39, 0.29) is 22.9 Å². The van der Waals surface area contributed by atoms with Crippen molar-refractivity contribution in [1.29, 1.82) is 0 Å². The van der Waals surface area contributed by atoms with E-state index < -0.39 is 23.4 Å². The van der Waals surface area contributed by atoms with Crippen LogP contribution in [0.3, 0.4) is 0 Å². The van der Waals surface area contributed by atoms with Crippen LogP contribution in [0.1, 0.15) is 16.7 Å². The first-order chi connectivity index (χ1) is 13.7. The normalized spacial score (nSPS) is 10.6. The number of anilines is 1. The second-order valence-corrected chi connectivity index (χ2v) is 6.08. The summed E-state index contributed by atoms with van der Waals surface area (Å²) in [5, 5.41) is 23.1. The predicted octanol–water partition coefficient (Wildman–Crippen LogP) is 3.12. The first kappa shape index (κ1) is 21.4. The van der Waals surface area contributed by atoms with E-state index in [1.807, 2.05) is 0 Å². The first-order valence-corrected chi connectivity index (χ1v) is 8.49. The van der Waals surface area contributed by atoms with Crippen molar-refractivity contribution in [3.05, 3.63) is 63.2 Å². The molecule has 0 unspecified atom stereocenters. The molecule has 0 fully saturated rings. The molecular weight excluding hydrogens is 380 g/mol. The lowest BCUT2D eigenvalue weighted by atomic mass is 10.1. The monoisotopic (exact) mass is 400 g/mol. The standard InChI is InChI=1S/C20H20N2O7/c1-12-4-7-15(22(26)27)20(13(12)2)21-18(24)11-29-19(25)9-6-14-5-8-16(23)17(10-14)28-3/h4-10,23H,11H2,1-3H3,(H,21,24)/b9-6+. The third-order valence-electron chi connectivity index (χ3n) is 4.14. The second-order valence-electron chi connectivity index (χ2n) is 6.08. The van der Waals surface area contributed by atoms with Gasteiger partial charge in [-0.2, -0.15) is 0 Å². The average Bonchev–Trinajstić information content (AvgIpc) is 2.69. The lowest BCUT2D eigenvalue weighted by molar-refractivity contribution is -0.384. The molecule has 0 saturated heterocycles. The highest BCUT2D eigenvalue weighted by molar-refractivity contribution is 5.97. The Labute approximate surface area is 166 Å². The van der Waals surface area contributed by atoms with Crippen LogP contribution in [0, 0.1) is 24.0 Å². The number of aryl methyl sites for hydroxylation is 1. The summed E-state index contributed by atoms with van der Waals surface area (Å²) in [5.41, 5.74) is 1.74. The Kier molecular flexibility index (Phi) is 6.91. The van der Waals surface area contributed by atoms with Gasteiger partial charge in [-0.3, -0.25) is 14.9 Å². The van der Waals surface area contributed by atoms with E-state index in [0.29, 0.717) is 11.1 Å². The number of nitro groups is 1. The molecule has 29 heavy (non-hydrogen) atoms. The largest absolute Gasteiger partial charge is 0.504 e. The Bertz CT molecular complexity index is 983. The van der Waals surface area contributed by atoms with Gasteiger partial charge in [0.15, 0.2) is 18.1 Å². The number of esters is 1. The minimum absolute atomic E-state index is 0.0376. The summed E-state index contributed by atoms with van der Waals surface area (Å²) in [4.78, 5) is 34.4. The van der Waals surface area contributed by atoms with Crippen molar-refractivity contribution >= 4 is 29.3 Å². The Morgan fingerprint density at radius 1 is 1.24 bits per heavy atom. The van der Waals surface area contributed by atoms with Crippen molar-refractivity contribution < 1.29 is 29.1 Å². The molecule has 0 aliphatic heterocycles. The zero-order chi connectivity index (χ0) is 21.6. The number of methoxy groups -OCH3 is 1. The maximum atomic E-state index is 12.1. The SMILES string of the molecule is COc1cc(/C=C/C(=O)OCC(=O)Nc2c([N+](=O)[O-])ccc(C)c2C)ccc1O. The van der Waals surface area contributed by atoms with E-state index in [9.17, 15) is 24.8 Å². The number of benzene rings is 2. The van der Waals surface area contributed by atoms with Crippen molar-refractivity contribution in [2.24, 2.45) is 0 Å². The molecule has 0 radical (unpaired) electrons. The van der Waals surface area contributed by atoms with Gasteiger partial charge >= 0.3 is 5.97 Å². The number of amides is 1. The van der Waals surface area contributed by atoms with Gasteiger partial charge in [0.1, 0.15) is 5.69 Å². The number of nitro benzene ring substituents is 1. The van der Waals surface area contributed by atoms with Gasteiger partial charge in [-0.1, -0.05) is 12.1 Å². The van der Waals surface area contributed by atoms with Crippen LogP contribution in [-0.2, 0) is 14.3 Å². The summed E-state index contributed by atoms with van der Waals surface area (Å²) < 4.78 is 9.83. The zero-order valence-electron chi connectivity index (χ0n) is 16.1. The fourth-order valence-electron chi connectivity index (χ4n) is 2.43. The zero-order valence-corrected chi connectivity index (χ0v) is 16.1. The third kappa shape index (κ3) is 5.55. The lowest BCUT2D eigenvalue weighted by Crippen LogP contribution is -2.21. The fourth-order valence-corrected chi connectivity index (χ4v) is 2.43. The van der Waals surface area contributed by atoms with E-state index in [0.717, 1.165) is 11.6 Å². The summed E-state index contributed by atoms with van der Waals surface area (Å²) in [6.45, 7) is 2.81. The number of carbonyl (C=O) groups excluding carboxylic acids is 2. The highest BCUT2D eigenvalue weighted by Crippen LogP contribution is 2.30. The van der Waals surface area contributed by atoms with Crippen molar-refractivity contribution in [3.63, 3.8) is 0 Å². The van der Waals surface area contributed by atoms with E-state index in [4.69, 9.17) is 9.47 Å². The van der Waals surface area contributed by atoms with E-state index in [2.05, 4.69) is 5.32 Å². The van der Waals surface area contributed by atoms with Gasteiger partial charge in [-0.15, -0.1) is 0 Å². The van der Waals surface area contributed by atoms with Crippen LogP contribution in [0.25, 0.3) is 6.08 Å².